The van der Waals surface area contributed by atoms with Crippen molar-refractivity contribution in [2.24, 2.45) is 4.99 Å². The van der Waals surface area contributed by atoms with E-state index in [1.807, 2.05) is 27.7 Å². The highest BCUT2D eigenvalue weighted by Gasteiger charge is 2.34. The van der Waals surface area contributed by atoms with Crippen molar-refractivity contribution >= 4 is 12.1 Å². The lowest BCUT2D eigenvalue weighted by molar-refractivity contribution is 0.00700. The molecule has 2 N–H and O–H groups in total. The van der Waals surface area contributed by atoms with Crippen LogP contribution in [0.2, 0.25) is 0 Å². The molecule has 0 aromatic carbocycles. The molecule has 1 heterocycles. The van der Waals surface area contributed by atoms with Crippen molar-refractivity contribution in [2.45, 2.75) is 45.8 Å². The quantitative estimate of drug-likeness (QED) is 0.366. The smallest absolute Gasteiger partial charge is 0.410 e. The Bertz CT molecular complexity index is 417. The van der Waals surface area contributed by atoms with Crippen molar-refractivity contribution < 1.29 is 19.0 Å². The summed E-state index contributed by atoms with van der Waals surface area (Å²) in [7, 11) is 1.66. The molecule has 1 aliphatic rings. The van der Waals surface area contributed by atoms with Crippen molar-refractivity contribution in [1.82, 2.24) is 15.5 Å². The Morgan fingerprint density at radius 2 is 1.96 bits per heavy atom. The van der Waals surface area contributed by atoms with Crippen LogP contribution >= 0.6 is 0 Å². The SMILES string of the molecule is CCNC(=NCCCOCCOC)NC1CN(C(=O)OC(C)(C)C)C1. The molecule has 0 unspecified atom stereocenters. The Morgan fingerprint density at radius 3 is 2.56 bits per heavy atom. The molecular formula is C17H34N4O4. The summed E-state index contributed by atoms with van der Waals surface area (Å²) in [4.78, 5) is 18.1. The lowest BCUT2D eigenvalue weighted by atomic mass is 10.1. The van der Waals surface area contributed by atoms with Gasteiger partial charge in [-0.05, 0) is 34.1 Å². The van der Waals surface area contributed by atoms with E-state index in [-0.39, 0.29) is 12.1 Å². The minimum Gasteiger partial charge on any atom is -0.444 e. The van der Waals surface area contributed by atoms with E-state index in [1.54, 1.807) is 12.0 Å². The van der Waals surface area contributed by atoms with Crippen molar-refractivity contribution in [3.05, 3.63) is 0 Å². The number of nitrogens with zero attached hydrogens (tertiary/aromatic N) is 2. The normalized spacial score (nSPS) is 15.7. The summed E-state index contributed by atoms with van der Waals surface area (Å²) in [5.41, 5.74) is -0.461. The zero-order valence-electron chi connectivity index (χ0n) is 16.3. The molecule has 8 nitrogen and oxygen atoms in total. The average Bonchev–Trinajstić information content (AvgIpc) is 2.47. The zero-order valence-corrected chi connectivity index (χ0v) is 16.3. The summed E-state index contributed by atoms with van der Waals surface area (Å²) >= 11 is 0. The molecule has 1 aliphatic heterocycles. The summed E-state index contributed by atoms with van der Waals surface area (Å²) in [5, 5.41) is 6.56. The van der Waals surface area contributed by atoms with E-state index < -0.39 is 5.60 Å². The first kappa shape index (κ1) is 21.5. The van der Waals surface area contributed by atoms with Crippen molar-refractivity contribution in [2.75, 3.05) is 53.1 Å². The van der Waals surface area contributed by atoms with Crippen LogP contribution in [-0.2, 0) is 14.2 Å². The highest BCUT2D eigenvalue weighted by atomic mass is 16.6. The van der Waals surface area contributed by atoms with Gasteiger partial charge in [-0.2, -0.15) is 0 Å². The fourth-order valence-corrected chi connectivity index (χ4v) is 2.16. The maximum Gasteiger partial charge on any atom is 0.410 e. The highest BCUT2D eigenvalue weighted by Crippen LogP contribution is 2.15. The van der Waals surface area contributed by atoms with E-state index in [0.29, 0.717) is 39.5 Å². The number of aliphatic imine (C=N–C) groups is 1. The summed E-state index contributed by atoms with van der Waals surface area (Å²) in [6, 6.07) is 0.197. The molecule has 0 radical (unpaired) electrons. The molecule has 0 atom stereocenters. The predicted molar refractivity (Wildman–Crippen MR) is 98.0 cm³/mol. The van der Waals surface area contributed by atoms with E-state index in [9.17, 15) is 4.79 Å². The Morgan fingerprint density at radius 1 is 1.24 bits per heavy atom. The summed E-state index contributed by atoms with van der Waals surface area (Å²) < 4.78 is 15.7. The highest BCUT2D eigenvalue weighted by molar-refractivity contribution is 5.80. The van der Waals surface area contributed by atoms with Gasteiger partial charge in [0.25, 0.3) is 0 Å². The molecule has 1 saturated heterocycles. The van der Waals surface area contributed by atoms with Gasteiger partial charge in [0.05, 0.1) is 19.3 Å². The monoisotopic (exact) mass is 358 g/mol. The summed E-state index contributed by atoms with van der Waals surface area (Å²) in [6.45, 7) is 12.3. The number of likely N-dealkylation sites (tertiary alicyclic amines) is 1. The maximum absolute atomic E-state index is 11.9. The number of carbonyl (C=O) groups excluding carboxylic acids is 1. The van der Waals surface area contributed by atoms with Gasteiger partial charge in [-0.1, -0.05) is 0 Å². The number of methoxy groups -OCH3 is 1. The first-order valence-electron chi connectivity index (χ1n) is 8.95. The van der Waals surface area contributed by atoms with Gasteiger partial charge in [0.1, 0.15) is 5.60 Å². The molecule has 0 aliphatic carbocycles. The number of hydrogen-bond donors (Lipinski definition) is 2. The van der Waals surface area contributed by atoms with Gasteiger partial charge in [-0.25, -0.2) is 4.79 Å². The second-order valence-corrected chi connectivity index (χ2v) is 6.95. The van der Waals surface area contributed by atoms with E-state index >= 15 is 0 Å². The minimum atomic E-state index is -0.461. The Hall–Kier alpha value is -1.54. The summed E-state index contributed by atoms with van der Waals surface area (Å²) in [5.74, 6) is 0.772. The van der Waals surface area contributed by atoms with Gasteiger partial charge in [-0.3, -0.25) is 4.99 Å². The Balaban J connectivity index is 2.25. The van der Waals surface area contributed by atoms with Crippen molar-refractivity contribution in [3.8, 4) is 0 Å². The number of ether oxygens (including phenoxy) is 3. The van der Waals surface area contributed by atoms with Crippen LogP contribution in [0.25, 0.3) is 0 Å². The number of hydrogen-bond acceptors (Lipinski definition) is 5. The molecule has 146 valence electrons. The topological polar surface area (TPSA) is 84.4 Å². The molecular weight excluding hydrogens is 324 g/mol. The molecule has 1 fully saturated rings. The molecule has 0 bridgehead atoms. The number of guanidine groups is 1. The lowest BCUT2D eigenvalue weighted by Gasteiger charge is -2.40. The zero-order chi connectivity index (χ0) is 18.7. The molecule has 0 spiro atoms. The van der Waals surface area contributed by atoms with E-state index in [2.05, 4.69) is 15.6 Å². The number of amides is 1. The maximum atomic E-state index is 11.9. The van der Waals surface area contributed by atoms with Gasteiger partial charge in [0.15, 0.2) is 5.96 Å². The lowest BCUT2D eigenvalue weighted by Crippen LogP contribution is -2.63. The van der Waals surface area contributed by atoms with Crippen LogP contribution < -0.4 is 10.6 Å². The van der Waals surface area contributed by atoms with Crippen LogP contribution in [0.1, 0.15) is 34.1 Å². The number of nitrogens with one attached hydrogen (secondary N) is 2. The van der Waals surface area contributed by atoms with Gasteiger partial charge < -0.3 is 29.7 Å². The van der Waals surface area contributed by atoms with Crippen molar-refractivity contribution in [1.29, 1.82) is 0 Å². The molecule has 0 aromatic rings. The molecule has 8 heteroatoms. The van der Waals surface area contributed by atoms with Crippen LogP contribution in [0.15, 0.2) is 4.99 Å². The number of carbonyl (C=O) groups is 1. The van der Waals surface area contributed by atoms with Gasteiger partial charge in [-0.15, -0.1) is 0 Å². The predicted octanol–water partition coefficient (Wildman–Crippen LogP) is 1.21. The largest absolute Gasteiger partial charge is 0.444 e. The molecule has 0 aromatic heterocycles. The standard InChI is InChI=1S/C17H34N4O4/c1-6-18-15(19-8-7-9-24-11-10-23-5)20-14-12-21(13-14)16(22)25-17(2,3)4/h14H,6-13H2,1-5H3,(H2,18,19,20). The molecule has 1 rings (SSSR count). The fraction of sp³-hybridized carbons (Fsp3) is 0.882. The first-order valence-corrected chi connectivity index (χ1v) is 8.95. The second kappa shape index (κ2) is 11.1. The third-order valence-corrected chi connectivity index (χ3v) is 3.37. The van der Waals surface area contributed by atoms with Gasteiger partial charge in [0, 0.05) is 39.9 Å². The van der Waals surface area contributed by atoms with Gasteiger partial charge >= 0.3 is 6.09 Å². The summed E-state index contributed by atoms with van der Waals surface area (Å²) in [6.07, 6.45) is 0.593. The van der Waals surface area contributed by atoms with E-state index in [0.717, 1.165) is 18.9 Å². The third kappa shape index (κ3) is 9.50. The first-order chi connectivity index (χ1) is 11.9. The molecule has 1 amide bonds. The van der Waals surface area contributed by atoms with E-state index in [1.165, 1.54) is 0 Å². The third-order valence-electron chi connectivity index (χ3n) is 3.37. The van der Waals surface area contributed by atoms with E-state index in [4.69, 9.17) is 14.2 Å². The second-order valence-electron chi connectivity index (χ2n) is 6.95. The van der Waals surface area contributed by atoms with Crippen LogP contribution in [0, 0.1) is 0 Å². The Kier molecular flexibility index (Phi) is 9.59. The minimum absolute atomic E-state index is 0.197. The Labute approximate surface area is 151 Å². The van der Waals surface area contributed by atoms with Crippen molar-refractivity contribution in [3.63, 3.8) is 0 Å². The fourth-order valence-electron chi connectivity index (χ4n) is 2.16. The average molecular weight is 358 g/mol. The van der Waals surface area contributed by atoms with Crippen LogP contribution in [0.3, 0.4) is 0 Å². The number of rotatable bonds is 9. The van der Waals surface area contributed by atoms with Crippen LogP contribution in [-0.4, -0.2) is 81.7 Å². The van der Waals surface area contributed by atoms with Gasteiger partial charge in [0.2, 0.25) is 0 Å². The molecule has 0 saturated carbocycles. The van der Waals surface area contributed by atoms with Crippen LogP contribution in [0.4, 0.5) is 4.79 Å². The molecule has 25 heavy (non-hydrogen) atoms. The van der Waals surface area contributed by atoms with Crippen LogP contribution in [0.5, 0.6) is 0 Å².